The zero-order valence-electron chi connectivity index (χ0n) is 12.5. The van der Waals surface area contributed by atoms with Crippen LogP contribution in [0.2, 0.25) is 0 Å². The average molecular weight is 286 g/mol. The van der Waals surface area contributed by atoms with Crippen LogP contribution in [0.3, 0.4) is 0 Å². The predicted octanol–water partition coefficient (Wildman–Crippen LogP) is 4.87. The van der Waals surface area contributed by atoms with Crippen LogP contribution in [0.4, 0.5) is 4.39 Å². The van der Waals surface area contributed by atoms with Crippen LogP contribution in [-0.4, -0.2) is 25.9 Å². The minimum absolute atomic E-state index is 0.0594. The van der Waals surface area contributed by atoms with Gasteiger partial charge in [-0.15, -0.1) is 5.47 Å². The SMILES string of the molecule is CCC=[P+](C)CCC1=C(C)[B]C(c2ccc(F)cc2)=C1. The van der Waals surface area contributed by atoms with Crippen molar-refractivity contribution >= 4 is 26.1 Å². The highest BCUT2D eigenvalue weighted by atomic mass is 31.1. The Kier molecular flexibility index (Phi) is 5.37. The second-order valence-electron chi connectivity index (χ2n) is 5.28. The van der Waals surface area contributed by atoms with Crippen molar-refractivity contribution in [3.05, 3.63) is 52.8 Å². The largest absolute Gasteiger partial charge is 0.207 e. The first-order valence-corrected chi connectivity index (χ1v) is 9.20. The molecule has 0 amide bonds. The van der Waals surface area contributed by atoms with E-state index in [4.69, 9.17) is 0 Å². The van der Waals surface area contributed by atoms with Crippen LogP contribution < -0.4 is 0 Å². The molecule has 0 aliphatic carbocycles. The van der Waals surface area contributed by atoms with Gasteiger partial charge in [-0.2, -0.15) is 0 Å². The average Bonchev–Trinajstić information content (AvgIpc) is 2.79. The van der Waals surface area contributed by atoms with Crippen molar-refractivity contribution < 1.29 is 4.39 Å². The molecule has 1 aliphatic heterocycles. The van der Waals surface area contributed by atoms with Crippen molar-refractivity contribution in [2.75, 3.05) is 12.8 Å². The van der Waals surface area contributed by atoms with Crippen LogP contribution in [0.15, 0.2) is 41.4 Å². The summed E-state index contributed by atoms with van der Waals surface area (Å²) in [7, 11) is 2.27. The highest BCUT2D eigenvalue weighted by Gasteiger charge is 2.16. The summed E-state index contributed by atoms with van der Waals surface area (Å²) in [5.41, 5.74) is 5.09. The van der Waals surface area contributed by atoms with Gasteiger partial charge in [0, 0.05) is 12.8 Å². The fraction of sp³-hybridized carbons (Fsp3) is 0.353. The second-order valence-corrected chi connectivity index (χ2v) is 7.61. The number of benzene rings is 1. The molecule has 2 rings (SSSR count). The molecule has 0 nitrogen and oxygen atoms in total. The Morgan fingerprint density at radius 3 is 2.60 bits per heavy atom. The maximum atomic E-state index is 13.0. The van der Waals surface area contributed by atoms with Gasteiger partial charge in [-0.1, -0.05) is 43.1 Å². The Hall–Kier alpha value is -1.14. The van der Waals surface area contributed by atoms with Gasteiger partial charge in [-0.3, -0.25) is 0 Å². The van der Waals surface area contributed by atoms with E-state index in [-0.39, 0.29) is 13.4 Å². The summed E-state index contributed by atoms with van der Waals surface area (Å²) in [6.45, 7) is 6.72. The fourth-order valence-electron chi connectivity index (χ4n) is 2.45. The first-order chi connectivity index (χ1) is 9.60. The van der Waals surface area contributed by atoms with Crippen LogP contribution in [0.1, 0.15) is 32.3 Å². The molecule has 0 saturated heterocycles. The summed E-state index contributed by atoms with van der Waals surface area (Å²) < 4.78 is 13.0. The van der Waals surface area contributed by atoms with Crippen LogP contribution >= 0.6 is 7.55 Å². The molecule has 1 aromatic carbocycles. The summed E-state index contributed by atoms with van der Waals surface area (Å²) >= 11 is 0. The van der Waals surface area contributed by atoms with Crippen LogP contribution in [0.5, 0.6) is 0 Å². The van der Waals surface area contributed by atoms with Crippen molar-refractivity contribution in [2.24, 2.45) is 0 Å². The molecule has 1 atom stereocenters. The van der Waals surface area contributed by atoms with Crippen LogP contribution in [-0.2, 0) is 0 Å². The highest BCUT2D eigenvalue weighted by molar-refractivity contribution is 7.56. The van der Waals surface area contributed by atoms with Crippen molar-refractivity contribution in [1.82, 2.24) is 0 Å². The molecule has 0 fully saturated rings. The highest BCUT2D eigenvalue weighted by Crippen LogP contribution is 2.30. The summed E-state index contributed by atoms with van der Waals surface area (Å²) in [5, 5.41) is 0. The molecule has 1 aromatic rings. The minimum Gasteiger partial charge on any atom is -0.207 e. The van der Waals surface area contributed by atoms with Crippen molar-refractivity contribution in [3.63, 3.8) is 0 Å². The van der Waals surface area contributed by atoms with E-state index >= 15 is 0 Å². The third kappa shape index (κ3) is 3.93. The fourth-order valence-corrected chi connectivity index (χ4v) is 3.85. The topological polar surface area (TPSA) is 0 Å². The van der Waals surface area contributed by atoms with Crippen molar-refractivity contribution in [1.29, 1.82) is 0 Å². The molecule has 0 N–H and O–H groups in total. The first-order valence-electron chi connectivity index (χ1n) is 7.16. The predicted molar refractivity (Wildman–Crippen MR) is 91.5 cm³/mol. The molecule has 0 spiro atoms. The van der Waals surface area contributed by atoms with Gasteiger partial charge in [0.25, 0.3) is 0 Å². The summed E-state index contributed by atoms with van der Waals surface area (Å²) in [6.07, 6.45) is 5.84. The third-order valence-corrected chi connectivity index (χ3v) is 5.53. The van der Waals surface area contributed by atoms with Gasteiger partial charge < -0.3 is 0 Å². The number of hydrogen-bond acceptors (Lipinski definition) is 0. The molecule has 20 heavy (non-hydrogen) atoms. The molecule has 1 aliphatic rings. The van der Waals surface area contributed by atoms with Crippen molar-refractivity contribution in [2.45, 2.75) is 26.7 Å². The van der Waals surface area contributed by atoms with Gasteiger partial charge in [0.2, 0.25) is 0 Å². The lowest BCUT2D eigenvalue weighted by Gasteiger charge is -2.01. The lowest BCUT2D eigenvalue weighted by atomic mass is 9.64. The Labute approximate surface area is 123 Å². The Morgan fingerprint density at radius 2 is 1.95 bits per heavy atom. The minimum atomic E-state index is -0.177. The molecule has 1 unspecified atom stereocenters. The summed E-state index contributed by atoms with van der Waals surface area (Å²) in [4.78, 5) is 0. The first kappa shape index (κ1) is 15.3. The lowest BCUT2D eigenvalue weighted by Crippen LogP contribution is -1.93. The van der Waals surface area contributed by atoms with E-state index in [1.807, 2.05) is 12.1 Å². The van der Waals surface area contributed by atoms with E-state index in [1.54, 1.807) is 0 Å². The number of rotatable bonds is 5. The van der Waals surface area contributed by atoms with Gasteiger partial charge in [0.1, 0.15) is 12.0 Å². The lowest BCUT2D eigenvalue weighted by molar-refractivity contribution is 0.627. The second kappa shape index (κ2) is 7.04. The molecule has 1 radical (unpaired) electrons. The summed E-state index contributed by atoms with van der Waals surface area (Å²) in [6, 6.07) is 6.76. The standard InChI is InChI=1S/C17H21BFP/c1-4-10-20(3)11-9-15-12-17(18-13(15)2)14-5-7-16(19)8-6-14/h5-8,10,12H,4,9,11H2,1-3H3/q+1. The zero-order chi connectivity index (χ0) is 14.5. The molecule has 3 heteroatoms. The van der Waals surface area contributed by atoms with Crippen molar-refractivity contribution in [3.8, 4) is 0 Å². The van der Waals surface area contributed by atoms with Crippen LogP contribution in [0.25, 0.3) is 5.47 Å². The smallest absolute Gasteiger partial charge is 0.186 e. The molecule has 103 valence electrons. The van der Waals surface area contributed by atoms with Gasteiger partial charge >= 0.3 is 0 Å². The van der Waals surface area contributed by atoms with E-state index in [0.29, 0.717) is 0 Å². The molecule has 0 bridgehead atoms. The normalized spacial score (nSPS) is 15.4. The van der Waals surface area contributed by atoms with Gasteiger partial charge in [0.05, 0.1) is 20.0 Å². The van der Waals surface area contributed by atoms with E-state index < -0.39 is 0 Å². The number of allylic oxidation sites excluding steroid dienone is 3. The maximum absolute atomic E-state index is 13.0. The van der Waals surface area contributed by atoms with E-state index in [9.17, 15) is 4.39 Å². The molecule has 0 aromatic heterocycles. The quantitative estimate of drug-likeness (QED) is 0.535. The number of halogens is 1. The zero-order valence-corrected chi connectivity index (χ0v) is 13.4. The monoisotopic (exact) mass is 286 g/mol. The molecule has 0 saturated carbocycles. The maximum Gasteiger partial charge on any atom is 0.186 e. The Balaban J connectivity index is 2.05. The van der Waals surface area contributed by atoms with E-state index in [0.717, 1.165) is 12.0 Å². The van der Waals surface area contributed by atoms with Gasteiger partial charge in [-0.05, 0) is 17.7 Å². The Bertz CT molecular complexity index is 567. The number of hydrogen-bond donors (Lipinski definition) is 0. The van der Waals surface area contributed by atoms with Gasteiger partial charge in [0.15, 0.2) is 7.28 Å². The molecule has 1 heterocycles. The summed E-state index contributed by atoms with van der Waals surface area (Å²) in [5.74, 6) is 2.26. The van der Waals surface area contributed by atoms with Crippen LogP contribution in [0, 0.1) is 5.82 Å². The molecular weight excluding hydrogens is 265 g/mol. The third-order valence-electron chi connectivity index (χ3n) is 3.61. The van der Waals surface area contributed by atoms with Gasteiger partial charge in [-0.25, -0.2) is 4.39 Å². The van der Waals surface area contributed by atoms with E-state index in [1.165, 1.54) is 41.2 Å². The van der Waals surface area contributed by atoms with E-state index in [2.05, 4.69) is 39.7 Å². The molecular formula is C17H21BFP+. The Morgan fingerprint density at radius 1 is 1.25 bits per heavy atom.